The second-order valence-electron chi connectivity index (χ2n) is 5.59. The van der Waals surface area contributed by atoms with Gasteiger partial charge in [-0.25, -0.2) is 9.37 Å². The molecular formula is C17H22FN5. The molecule has 1 saturated heterocycles. The first kappa shape index (κ1) is 15.5. The van der Waals surface area contributed by atoms with Crippen LogP contribution in [-0.4, -0.2) is 42.7 Å². The Labute approximate surface area is 136 Å². The van der Waals surface area contributed by atoms with Crippen molar-refractivity contribution in [3.63, 3.8) is 0 Å². The van der Waals surface area contributed by atoms with Crippen molar-refractivity contribution in [3.8, 4) is 0 Å². The van der Waals surface area contributed by atoms with Crippen LogP contribution in [0.4, 0.5) is 21.8 Å². The van der Waals surface area contributed by atoms with Gasteiger partial charge in [-0.2, -0.15) is 4.98 Å². The van der Waals surface area contributed by atoms with E-state index in [-0.39, 0.29) is 5.82 Å². The molecule has 5 nitrogen and oxygen atoms in total. The summed E-state index contributed by atoms with van der Waals surface area (Å²) in [6.45, 7) is 6.17. The van der Waals surface area contributed by atoms with E-state index in [4.69, 9.17) is 0 Å². The molecule has 0 atom stereocenters. The number of benzene rings is 1. The highest BCUT2D eigenvalue weighted by Gasteiger charge is 2.20. The standard InChI is InChI=1S/C17H22FN5/c1-2-8-19-17-20-9-7-16(21-17)23-12-10-22(11-13-23)15-6-4-3-5-14(15)18/h3-7,9H,2,8,10-13H2,1H3,(H,19,20,21). The number of aromatic nitrogens is 2. The number of nitrogens with zero attached hydrogens (tertiary/aromatic N) is 4. The van der Waals surface area contributed by atoms with Gasteiger partial charge in [-0.15, -0.1) is 0 Å². The lowest BCUT2D eigenvalue weighted by Crippen LogP contribution is -2.47. The maximum atomic E-state index is 13.9. The summed E-state index contributed by atoms with van der Waals surface area (Å²) in [6, 6.07) is 8.87. The molecule has 0 aliphatic carbocycles. The van der Waals surface area contributed by atoms with Gasteiger partial charge in [0.25, 0.3) is 0 Å². The molecule has 0 bridgehead atoms. The summed E-state index contributed by atoms with van der Waals surface area (Å²) < 4.78 is 13.9. The van der Waals surface area contributed by atoms with E-state index in [1.54, 1.807) is 12.3 Å². The van der Waals surface area contributed by atoms with Crippen molar-refractivity contribution in [2.75, 3.05) is 47.8 Å². The number of halogens is 1. The van der Waals surface area contributed by atoms with Crippen molar-refractivity contribution >= 4 is 17.5 Å². The lowest BCUT2D eigenvalue weighted by Gasteiger charge is -2.36. The summed E-state index contributed by atoms with van der Waals surface area (Å²) in [5.41, 5.74) is 0.681. The van der Waals surface area contributed by atoms with Crippen LogP contribution in [-0.2, 0) is 0 Å². The van der Waals surface area contributed by atoms with Crippen LogP contribution >= 0.6 is 0 Å². The summed E-state index contributed by atoms with van der Waals surface area (Å²) in [6.07, 6.45) is 2.82. The zero-order valence-corrected chi connectivity index (χ0v) is 13.4. The Hall–Kier alpha value is -2.37. The van der Waals surface area contributed by atoms with Crippen LogP contribution in [0.15, 0.2) is 36.5 Å². The monoisotopic (exact) mass is 315 g/mol. The maximum Gasteiger partial charge on any atom is 0.224 e. The molecule has 6 heteroatoms. The molecule has 0 spiro atoms. The van der Waals surface area contributed by atoms with Crippen LogP contribution in [0.25, 0.3) is 0 Å². The van der Waals surface area contributed by atoms with Crippen molar-refractivity contribution in [1.82, 2.24) is 9.97 Å². The van der Waals surface area contributed by atoms with Crippen LogP contribution in [0, 0.1) is 5.82 Å². The molecule has 23 heavy (non-hydrogen) atoms. The molecular weight excluding hydrogens is 293 g/mol. The second-order valence-corrected chi connectivity index (χ2v) is 5.59. The first-order chi connectivity index (χ1) is 11.3. The topological polar surface area (TPSA) is 44.3 Å². The summed E-state index contributed by atoms with van der Waals surface area (Å²) in [7, 11) is 0. The molecule has 1 aliphatic heterocycles. The van der Waals surface area contributed by atoms with E-state index in [0.29, 0.717) is 11.6 Å². The van der Waals surface area contributed by atoms with Crippen molar-refractivity contribution in [2.24, 2.45) is 0 Å². The van der Waals surface area contributed by atoms with Gasteiger partial charge in [0, 0.05) is 38.9 Å². The lowest BCUT2D eigenvalue weighted by molar-refractivity contribution is 0.596. The van der Waals surface area contributed by atoms with Crippen LogP contribution in [0.5, 0.6) is 0 Å². The molecule has 122 valence electrons. The molecule has 0 radical (unpaired) electrons. The SMILES string of the molecule is CCCNc1nccc(N2CCN(c3ccccc3F)CC2)n1. The predicted molar refractivity (Wildman–Crippen MR) is 91.6 cm³/mol. The van der Waals surface area contributed by atoms with E-state index in [9.17, 15) is 4.39 Å². The number of piperazine rings is 1. The Bertz CT molecular complexity index is 640. The Kier molecular flexibility index (Phi) is 4.90. The van der Waals surface area contributed by atoms with E-state index < -0.39 is 0 Å². The van der Waals surface area contributed by atoms with Crippen LogP contribution in [0.2, 0.25) is 0 Å². The van der Waals surface area contributed by atoms with E-state index in [1.807, 2.05) is 18.2 Å². The molecule has 1 aromatic carbocycles. The Morgan fingerprint density at radius 2 is 1.83 bits per heavy atom. The average Bonchev–Trinajstić information content (AvgIpc) is 2.61. The van der Waals surface area contributed by atoms with Gasteiger partial charge in [-0.05, 0) is 24.6 Å². The zero-order chi connectivity index (χ0) is 16.1. The third kappa shape index (κ3) is 3.70. The van der Waals surface area contributed by atoms with Gasteiger partial charge >= 0.3 is 0 Å². The van der Waals surface area contributed by atoms with Crippen LogP contribution in [0.3, 0.4) is 0 Å². The van der Waals surface area contributed by atoms with Crippen molar-refractivity contribution in [1.29, 1.82) is 0 Å². The molecule has 1 N–H and O–H groups in total. The Balaban J connectivity index is 1.64. The van der Waals surface area contributed by atoms with Gasteiger partial charge in [0.1, 0.15) is 11.6 Å². The summed E-state index contributed by atoms with van der Waals surface area (Å²) in [5.74, 6) is 1.43. The average molecular weight is 315 g/mol. The quantitative estimate of drug-likeness (QED) is 0.919. The second kappa shape index (κ2) is 7.26. The minimum atomic E-state index is -0.158. The number of para-hydroxylation sites is 1. The largest absolute Gasteiger partial charge is 0.366 e. The minimum absolute atomic E-state index is 0.158. The maximum absolute atomic E-state index is 13.9. The van der Waals surface area contributed by atoms with Crippen LogP contribution < -0.4 is 15.1 Å². The summed E-state index contributed by atoms with van der Waals surface area (Å²) in [4.78, 5) is 13.1. The van der Waals surface area contributed by atoms with Crippen molar-refractivity contribution < 1.29 is 4.39 Å². The van der Waals surface area contributed by atoms with Crippen molar-refractivity contribution in [2.45, 2.75) is 13.3 Å². The fourth-order valence-electron chi connectivity index (χ4n) is 2.73. The van der Waals surface area contributed by atoms with Gasteiger partial charge in [-0.3, -0.25) is 0 Å². The molecule has 1 aliphatic rings. The van der Waals surface area contributed by atoms with E-state index >= 15 is 0 Å². The van der Waals surface area contributed by atoms with E-state index in [0.717, 1.165) is 45.0 Å². The fraction of sp³-hybridized carbons (Fsp3) is 0.412. The number of anilines is 3. The molecule has 0 amide bonds. The molecule has 0 saturated carbocycles. The number of hydrogen-bond donors (Lipinski definition) is 1. The van der Waals surface area contributed by atoms with E-state index in [1.165, 1.54) is 6.07 Å². The number of nitrogens with one attached hydrogen (secondary N) is 1. The Morgan fingerprint density at radius 1 is 1.09 bits per heavy atom. The Morgan fingerprint density at radius 3 is 2.57 bits per heavy atom. The van der Waals surface area contributed by atoms with Gasteiger partial charge in [0.2, 0.25) is 5.95 Å². The lowest BCUT2D eigenvalue weighted by atomic mass is 10.2. The molecule has 3 rings (SSSR count). The fourth-order valence-corrected chi connectivity index (χ4v) is 2.73. The van der Waals surface area contributed by atoms with E-state index in [2.05, 4.69) is 32.0 Å². The molecule has 1 aromatic heterocycles. The molecule has 0 unspecified atom stereocenters. The minimum Gasteiger partial charge on any atom is -0.366 e. The van der Waals surface area contributed by atoms with Gasteiger partial charge in [-0.1, -0.05) is 19.1 Å². The van der Waals surface area contributed by atoms with Gasteiger partial charge in [0.15, 0.2) is 0 Å². The highest BCUT2D eigenvalue weighted by molar-refractivity contribution is 5.51. The highest BCUT2D eigenvalue weighted by atomic mass is 19.1. The zero-order valence-electron chi connectivity index (χ0n) is 13.4. The first-order valence-corrected chi connectivity index (χ1v) is 8.09. The number of hydrogen-bond acceptors (Lipinski definition) is 5. The van der Waals surface area contributed by atoms with Crippen LogP contribution in [0.1, 0.15) is 13.3 Å². The normalized spacial score (nSPS) is 14.9. The molecule has 1 fully saturated rings. The first-order valence-electron chi connectivity index (χ1n) is 8.09. The highest BCUT2D eigenvalue weighted by Crippen LogP contribution is 2.22. The van der Waals surface area contributed by atoms with Crippen molar-refractivity contribution in [3.05, 3.63) is 42.3 Å². The van der Waals surface area contributed by atoms with Gasteiger partial charge < -0.3 is 15.1 Å². The van der Waals surface area contributed by atoms with Gasteiger partial charge in [0.05, 0.1) is 5.69 Å². The third-order valence-corrected chi connectivity index (χ3v) is 3.97. The summed E-state index contributed by atoms with van der Waals surface area (Å²) >= 11 is 0. The number of rotatable bonds is 5. The third-order valence-electron chi connectivity index (χ3n) is 3.97. The smallest absolute Gasteiger partial charge is 0.224 e. The summed E-state index contributed by atoms with van der Waals surface area (Å²) in [5, 5.41) is 3.21. The molecule has 2 aromatic rings. The predicted octanol–water partition coefficient (Wildman–Crippen LogP) is 2.76. The molecule has 2 heterocycles.